The van der Waals surface area contributed by atoms with Gasteiger partial charge < -0.3 is 9.47 Å². The van der Waals surface area contributed by atoms with Crippen LogP contribution in [0.4, 0.5) is 0 Å². The summed E-state index contributed by atoms with van der Waals surface area (Å²) in [5.41, 5.74) is 12.3. The van der Waals surface area contributed by atoms with Gasteiger partial charge in [0, 0.05) is 17.5 Å². The molecule has 2 aliphatic rings. The fourth-order valence-electron chi connectivity index (χ4n) is 3.86. The summed E-state index contributed by atoms with van der Waals surface area (Å²) in [7, 11) is 2.73. The van der Waals surface area contributed by atoms with Crippen LogP contribution in [0.25, 0.3) is 10.4 Å². The number of carbonyl (C=O) groups is 2. The van der Waals surface area contributed by atoms with Crippen molar-refractivity contribution in [2.45, 2.75) is 31.3 Å². The van der Waals surface area contributed by atoms with E-state index in [0.29, 0.717) is 24.9 Å². The molecular weight excluding hydrogens is 324 g/mol. The Morgan fingerprint density at radius 2 is 2.12 bits per heavy atom. The summed E-state index contributed by atoms with van der Waals surface area (Å²) >= 11 is 0. The molecule has 0 amide bonds. The lowest BCUT2D eigenvalue weighted by molar-refractivity contribution is -0.142. The fourth-order valence-corrected chi connectivity index (χ4v) is 3.86. The Morgan fingerprint density at radius 1 is 1.32 bits per heavy atom. The molecule has 1 heterocycles. The predicted octanol–water partition coefficient (Wildman–Crippen LogP) is 2.69. The number of esters is 2. The van der Waals surface area contributed by atoms with Gasteiger partial charge in [0.25, 0.3) is 0 Å². The highest BCUT2D eigenvalue weighted by Crippen LogP contribution is 2.45. The van der Waals surface area contributed by atoms with E-state index < -0.39 is 5.97 Å². The molecule has 1 aliphatic carbocycles. The summed E-state index contributed by atoms with van der Waals surface area (Å²) in [5, 5.41) is 3.91. The lowest BCUT2D eigenvalue weighted by Crippen LogP contribution is -2.41. The molecule has 8 heteroatoms. The zero-order valence-electron chi connectivity index (χ0n) is 14.3. The van der Waals surface area contributed by atoms with Gasteiger partial charge in [-0.2, -0.15) is 0 Å². The molecule has 0 unspecified atom stereocenters. The van der Waals surface area contributed by atoms with Gasteiger partial charge in [0.15, 0.2) is 0 Å². The normalized spacial score (nSPS) is 21.7. The molecule has 0 saturated heterocycles. The first-order valence-electron chi connectivity index (χ1n) is 8.19. The molecular formula is C17H20N4O4. The van der Waals surface area contributed by atoms with E-state index in [4.69, 9.17) is 15.0 Å². The summed E-state index contributed by atoms with van der Waals surface area (Å²) in [6, 6.07) is 3.37. The molecule has 0 N–H and O–H groups in total. The van der Waals surface area contributed by atoms with Gasteiger partial charge in [-0.1, -0.05) is 5.11 Å². The van der Waals surface area contributed by atoms with E-state index in [1.54, 1.807) is 6.07 Å². The first kappa shape index (κ1) is 17.3. The minimum atomic E-state index is -0.405. The van der Waals surface area contributed by atoms with Crippen LogP contribution in [0, 0.1) is 0 Å². The number of hydrogen-bond acceptors (Lipinski definition) is 6. The average molecular weight is 344 g/mol. The highest BCUT2D eigenvalue weighted by molar-refractivity contribution is 5.90. The number of hydrogen-bond donors (Lipinski definition) is 0. The first-order chi connectivity index (χ1) is 12.1. The van der Waals surface area contributed by atoms with Crippen molar-refractivity contribution in [3.63, 3.8) is 0 Å². The monoisotopic (exact) mass is 344 g/mol. The van der Waals surface area contributed by atoms with Gasteiger partial charge in [-0.15, -0.1) is 0 Å². The van der Waals surface area contributed by atoms with Crippen molar-refractivity contribution < 1.29 is 19.1 Å². The van der Waals surface area contributed by atoms with Crippen LogP contribution in [0.3, 0.4) is 0 Å². The Hall–Kier alpha value is -2.57. The van der Waals surface area contributed by atoms with Gasteiger partial charge in [-0.05, 0) is 53.6 Å². The number of nitrogens with zero attached hydrogens (tertiary/aromatic N) is 4. The molecule has 1 aromatic carbocycles. The van der Waals surface area contributed by atoms with Crippen molar-refractivity contribution in [1.29, 1.82) is 0 Å². The molecule has 1 aromatic rings. The number of rotatable bonds is 4. The first-order valence-corrected chi connectivity index (χ1v) is 8.19. The number of benzene rings is 1. The second-order valence-electron chi connectivity index (χ2n) is 6.24. The molecule has 0 fully saturated rings. The Kier molecular flexibility index (Phi) is 4.92. The maximum absolute atomic E-state index is 12.0. The van der Waals surface area contributed by atoms with Crippen LogP contribution in [0.1, 0.15) is 52.0 Å². The summed E-state index contributed by atoms with van der Waals surface area (Å²) in [6.07, 6.45) is 2.17. The van der Waals surface area contributed by atoms with E-state index in [-0.39, 0.29) is 24.6 Å². The van der Waals surface area contributed by atoms with Gasteiger partial charge in [0.2, 0.25) is 0 Å². The van der Waals surface area contributed by atoms with E-state index in [1.165, 1.54) is 14.2 Å². The molecule has 2 atom stereocenters. The van der Waals surface area contributed by atoms with Gasteiger partial charge in [0.05, 0.1) is 32.4 Å². The average Bonchev–Trinajstić information content (AvgIpc) is 2.64. The molecule has 0 saturated carbocycles. The van der Waals surface area contributed by atoms with Crippen LogP contribution in [0.15, 0.2) is 17.2 Å². The largest absolute Gasteiger partial charge is 0.468 e. The van der Waals surface area contributed by atoms with Gasteiger partial charge in [-0.25, -0.2) is 4.79 Å². The maximum Gasteiger partial charge on any atom is 0.337 e. The van der Waals surface area contributed by atoms with Crippen LogP contribution in [-0.4, -0.2) is 44.1 Å². The summed E-state index contributed by atoms with van der Waals surface area (Å²) in [4.78, 5) is 28.7. The molecule has 0 radical (unpaired) electrons. The molecule has 8 nitrogen and oxygen atoms in total. The van der Waals surface area contributed by atoms with Crippen LogP contribution >= 0.6 is 0 Å². The van der Waals surface area contributed by atoms with E-state index in [9.17, 15) is 9.59 Å². The molecule has 132 valence electrons. The van der Waals surface area contributed by atoms with Crippen molar-refractivity contribution in [1.82, 2.24) is 4.90 Å². The number of azide groups is 1. The number of methoxy groups -OCH3 is 2. The van der Waals surface area contributed by atoms with E-state index >= 15 is 0 Å². The second kappa shape index (κ2) is 7.13. The highest BCUT2D eigenvalue weighted by Gasteiger charge is 2.37. The molecule has 0 bridgehead atoms. The van der Waals surface area contributed by atoms with Crippen molar-refractivity contribution in [3.05, 3.63) is 44.8 Å². The van der Waals surface area contributed by atoms with Gasteiger partial charge >= 0.3 is 11.9 Å². The SMILES string of the molecule is COC(=O)CN1CCc2cc(C(=O)OC)cc3c2[C@@H]1CC[C@@H]3N=[N+]=[N-]. The van der Waals surface area contributed by atoms with Gasteiger partial charge in [0.1, 0.15) is 0 Å². The van der Waals surface area contributed by atoms with Crippen molar-refractivity contribution in [2.24, 2.45) is 5.11 Å². The van der Waals surface area contributed by atoms with Crippen LogP contribution < -0.4 is 0 Å². The van der Waals surface area contributed by atoms with Crippen LogP contribution in [-0.2, 0) is 20.7 Å². The Morgan fingerprint density at radius 3 is 2.80 bits per heavy atom. The van der Waals surface area contributed by atoms with E-state index in [1.807, 2.05) is 6.07 Å². The third-order valence-electron chi connectivity index (χ3n) is 4.98. The van der Waals surface area contributed by atoms with E-state index in [0.717, 1.165) is 23.1 Å². The van der Waals surface area contributed by atoms with Crippen molar-refractivity contribution in [2.75, 3.05) is 27.3 Å². The molecule has 1 aliphatic heterocycles. The quantitative estimate of drug-likeness (QED) is 0.361. The topological polar surface area (TPSA) is 105 Å². The summed E-state index contributed by atoms with van der Waals surface area (Å²) in [6.45, 7) is 0.938. The minimum absolute atomic E-state index is 0.0645. The summed E-state index contributed by atoms with van der Waals surface area (Å²) < 4.78 is 9.64. The molecule has 25 heavy (non-hydrogen) atoms. The highest BCUT2D eigenvalue weighted by atomic mass is 16.5. The second-order valence-corrected chi connectivity index (χ2v) is 6.24. The maximum atomic E-state index is 12.0. The third kappa shape index (κ3) is 3.18. The van der Waals surface area contributed by atoms with Crippen LogP contribution in [0.2, 0.25) is 0 Å². The lowest BCUT2D eigenvalue weighted by atomic mass is 9.77. The van der Waals surface area contributed by atoms with Crippen LogP contribution in [0.5, 0.6) is 0 Å². The third-order valence-corrected chi connectivity index (χ3v) is 4.98. The Labute approximate surface area is 145 Å². The zero-order valence-corrected chi connectivity index (χ0v) is 14.3. The predicted molar refractivity (Wildman–Crippen MR) is 88.9 cm³/mol. The smallest absolute Gasteiger partial charge is 0.337 e. The Balaban J connectivity index is 2.07. The standard InChI is InChI=1S/C17H20N4O4/c1-24-15(22)9-21-6-5-10-7-11(17(23)25-2)8-12-13(19-20-18)3-4-14(21)16(10)12/h7-8,13-14H,3-6,9H2,1-2H3/t13-,14-/m0/s1. The van der Waals surface area contributed by atoms with Crippen molar-refractivity contribution >= 4 is 11.9 Å². The van der Waals surface area contributed by atoms with Crippen molar-refractivity contribution in [3.8, 4) is 0 Å². The molecule has 0 spiro atoms. The minimum Gasteiger partial charge on any atom is -0.468 e. The fraction of sp³-hybridized carbons (Fsp3) is 0.529. The molecule has 0 aromatic heterocycles. The van der Waals surface area contributed by atoms with Gasteiger partial charge in [-0.3, -0.25) is 9.69 Å². The van der Waals surface area contributed by atoms with E-state index in [2.05, 4.69) is 14.9 Å². The zero-order chi connectivity index (χ0) is 18.0. The lowest BCUT2D eigenvalue weighted by Gasteiger charge is -2.42. The Bertz CT molecular complexity index is 757. The molecule has 3 rings (SSSR count). The summed E-state index contributed by atoms with van der Waals surface area (Å²) in [5.74, 6) is -0.675. The number of ether oxygens (including phenoxy) is 2. The number of carbonyl (C=O) groups excluding carboxylic acids is 2.